The van der Waals surface area contributed by atoms with Crippen molar-refractivity contribution < 1.29 is 19.1 Å². The largest absolute Gasteiger partial charge is 0.478 e. The van der Waals surface area contributed by atoms with Gasteiger partial charge in [-0.1, -0.05) is 23.8 Å². The van der Waals surface area contributed by atoms with Crippen LogP contribution in [-0.2, 0) is 21.4 Å². The third-order valence-corrected chi connectivity index (χ3v) is 10.0. The van der Waals surface area contributed by atoms with Crippen LogP contribution in [0.2, 0.25) is 5.02 Å². The van der Waals surface area contributed by atoms with Gasteiger partial charge in [-0.15, -0.1) is 0 Å². The van der Waals surface area contributed by atoms with Gasteiger partial charge in [-0.05, 0) is 56.7 Å². The van der Waals surface area contributed by atoms with Gasteiger partial charge in [0.1, 0.15) is 5.02 Å². The Bertz CT molecular complexity index is 1940. The normalized spacial score (nSPS) is 20.9. The predicted octanol–water partition coefficient (Wildman–Crippen LogP) is 1.56. The molecule has 270 valence electrons. The Morgan fingerprint density at radius 2 is 1.92 bits per heavy atom. The van der Waals surface area contributed by atoms with Crippen molar-refractivity contribution >= 4 is 57.7 Å². The number of imide groups is 1. The van der Waals surface area contributed by atoms with Crippen molar-refractivity contribution in [2.75, 3.05) is 51.1 Å². The van der Waals surface area contributed by atoms with Gasteiger partial charge in [0.15, 0.2) is 18.2 Å². The molecule has 1 aliphatic carbocycles. The zero-order chi connectivity index (χ0) is 36.2. The van der Waals surface area contributed by atoms with E-state index in [2.05, 4.69) is 60.6 Å². The number of halogens is 1. The molecule has 6 rings (SSSR count). The fourth-order valence-electron chi connectivity index (χ4n) is 6.82. The Hall–Kier alpha value is -4.99. The zero-order valence-electron chi connectivity index (χ0n) is 29.0. The Balaban J connectivity index is 1.10. The van der Waals surface area contributed by atoms with Gasteiger partial charge in [0.25, 0.3) is 11.5 Å². The van der Waals surface area contributed by atoms with Crippen LogP contribution in [0, 0.1) is 0 Å². The number of aromatic nitrogens is 3. The first-order chi connectivity index (χ1) is 24.6. The highest BCUT2D eigenvalue weighted by molar-refractivity contribution is 6.32. The summed E-state index contributed by atoms with van der Waals surface area (Å²) in [5, 5.41) is 16.2. The second kappa shape index (κ2) is 15.5. The maximum Gasteiger partial charge on any atom is 0.293 e. The quantitative estimate of drug-likeness (QED) is 0.181. The fraction of sp³-hybridized carbons (Fsp3) is 0.429. The number of anilines is 3. The van der Waals surface area contributed by atoms with Crippen molar-refractivity contribution in [1.82, 2.24) is 40.7 Å². The number of rotatable bonds is 11. The number of hydrogen-bond acceptors (Lipinski definition) is 12. The molecule has 16 heteroatoms. The number of carbonyl (C=O) groups excluding carboxylic acids is 3. The van der Waals surface area contributed by atoms with Crippen molar-refractivity contribution in [3.63, 3.8) is 0 Å². The summed E-state index contributed by atoms with van der Waals surface area (Å²) in [5.74, 6) is 0.244. The van der Waals surface area contributed by atoms with Gasteiger partial charge in [0.05, 0.1) is 23.8 Å². The number of benzene rings is 1. The second-order valence-corrected chi connectivity index (χ2v) is 13.3. The average Bonchev–Trinajstić information content (AvgIpc) is 3.14. The molecular weight excluding hydrogens is 676 g/mol. The minimum Gasteiger partial charge on any atom is -0.478 e. The van der Waals surface area contributed by atoms with E-state index in [1.54, 1.807) is 19.3 Å². The number of amides is 3. The van der Waals surface area contributed by atoms with Crippen molar-refractivity contribution in [2.45, 2.75) is 49.9 Å². The third kappa shape index (κ3) is 7.85. The number of hydrogen-bond donors (Lipinski definition) is 5. The molecule has 3 amide bonds. The first-order valence-electron chi connectivity index (χ1n) is 17.0. The van der Waals surface area contributed by atoms with Crippen LogP contribution < -0.4 is 41.8 Å². The monoisotopic (exact) mass is 718 g/mol. The minimum atomic E-state index is -0.426. The summed E-state index contributed by atoms with van der Waals surface area (Å²) in [4.78, 5) is 62.3. The molecule has 0 bridgehead atoms. The lowest BCUT2D eigenvalue weighted by Gasteiger charge is -2.43. The van der Waals surface area contributed by atoms with E-state index in [1.165, 1.54) is 11.6 Å². The highest BCUT2D eigenvalue weighted by Gasteiger charge is 2.35. The third-order valence-electron chi connectivity index (χ3n) is 9.73. The first-order valence-corrected chi connectivity index (χ1v) is 17.3. The van der Waals surface area contributed by atoms with Crippen LogP contribution in [0.25, 0.3) is 10.9 Å². The van der Waals surface area contributed by atoms with E-state index >= 15 is 0 Å². The van der Waals surface area contributed by atoms with Crippen molar-refractivity contribution in [3.8, 4) is 5.75 Å². The number of carbonyl (C=O) groups is 3. The van der Waals surface area contributed by atoms with Crippen LogP contribution in [-0.4, -0.2) is 102 Å². The highest BCUT2D eigenvalue weighted by Crippen LogP contribution is 2.30. The Labute approximate surface area is 300 Å². The summed E-state index contributed by atoms with van der Waals surface area (Å²) in [6.45, 7) is 1.21. The predicted molar refractivity (Wildman–Crippen MR) is 195 cm³/mol. The molecule has 0 saturated carbocycles. The second-order valence-electron chi connectivity index (χ2n) is 12.9. The summed E-state index contributed by atoms with van der Waals surface area (Å²) < 4.78 is 6.97. The summed E-state index contributed by atoms with van der Waals surface area (Å²) >= 11 is 6.55. The molecular formula is C35H43ClN10O5. The number of pyridine rings is 1. The van der Waals surface area contributed by atoms with Gasteiger partial charge in [-0.25, -0.2) is 4.98 Å². The summed E-state index contributed by atoms with van der Waals surface area (Å²) in [6, 6.07) is 6.81. The summed E-state index contributed by atoms with van der Waals surface area (Å²) in [5.41, 5.74) is 2.18. The zero-order valence-corrected chi connectivity index (χ0v) is 29.8. The maximum atomic E-state index is 12.8. The molecule has 15 nitrogen and oxygen atoms in total. The molecule has 2 aliphatic heterocycles. The van der Waals surface area contributed by atoms with Gasteiger partial charge in [-0.2, -0.15) is 4.98 Å². The summed E-state index contributed by atoms with van der Waals surface area (Å²) in [7, 11) is 7.18. The number of aryl methyl sites for hydroxylation is 1. The van der Waals surface area contributed by atoms with Crippen molar-refractivity contribution in [3.05, 3.63) is 69.8 Å². The van der Waals surface area contributed by atoms with Crippen molar-refractivity contribution in [1.29, 1.82) is 0 Å². The van der Waals surface area contributed by atoms with Crippen LogP contribution in [0.1, 0.15) is 25.7 Å². The SMILES string of the molecule is CNC(=O)COc1cc2cc(Nc3nc(N4CCC(N(C)C5=CC=CC(NC6CCC(=O)NC6=O)C5NC)CC4)ncc3Cl)ccc2n(C)c1=O. The van der Waals surface area contributed by atoms with E-state index in [-0.39, 0.29) is 53.8 Å². The Morgan fingerprint density at radius 3 is 2.65 bits per heavy atom. The molecule has 2 fully saturated rings. The summed E-state index contributed by atoms with van der Waals surface area (Å²) in [6.07, 6.45) is 10.3. The standard InChI is InChI=1S/C35H43ClN10O5/c1-37-30(48)19-51-28-17-20-16-21(8-10-26(20)45(4)34(28)50)40-32-23(36)18-39-35(43-32)46-14-12-22(13-15-46)44(3)27-7-5-6-24(31(27)38-2)41-25-9-11-29(47)42-33(25)49/h5-8,10,16-18,22,24-25,31,38,41H,9,11-15,19H2,1-4H3,(H,37,48)(H,39,40,43)(H,42,47,49). The molecule has 3 aliphatic rings. The molecule has 4 heterocycles. The molecule has 2 aromatic heterocycles. The highest BCUT2D eigenvalue weighted by atomic mass is 35.5. The lowest BCUT2D eigenvalue weighted by Crippen LogP contribution is -2.59. The number of allylic oxidation sites excluding steroid dienone is 2. The van der Waals surface area contributed by atoms with Gasteiger partial charge in [0, 0.05) is 69.5 Å². The molecule has 3 aromatic rings. The molecule has 5 N–H and O–H groups in total. The Morgan fingerprint density at radius 1 is 1.14 bits per heavy atom. The first kappa shape index (κ1) is 35.8. The minimum absolute atomic E-state index is 0.0571. The number of ether oxygens (including phenoxy) is 1. The molecule has 3 atom stereocenters. The van der Waals surface area contributed by atoms with Gasteiger partial charge in [0.2, 0.25) is 17.8 Å². The van der Waals surface area contributed by atoms with Gasteiger partial charge < -0.3 is 35.1 Å². The molecule has 2 saturated heterocycles. The van der Waals surface area contributed by atoms with Gasteiger partial charge in [-0.3, -0.25) is 29.8 Å². The molecule has 3 unspecified atom stereocenters. The van der Waals surface area contributed by atoms with Crippen molar-refractivity contribution in [2.24, 2.45) is 7.05 Å². The smallest absolute Gasteiger partial charge is 0.293 e. The fourth-order valence-corrected chi connectivity index (χ4v) is 6.96. The molecule has 1 aromatic carbocycles. The molecule has 0 radical (unpaired) electrons. The van der Waals surface area contributed by atoms with Crippen LogP contribution in [0.4, 0.5) is 17.5 Å². The number of piperidine rings is 2. The average molecular weight is 719 g/mol. The van der Waals surface area contributed by atoms with E-state index in [0.29, 0.717) is 40.8 Å². The van der Waals surface area contributed by atoms with E-state index in [4.69, 9.17) is 21.3 Å². The lowest BCUT2D eigenvalue weighted by molar-refractivity contribution is -0.134. The van der Waals surface area contributed by atoms with Crippen LogP contribution in [0.15, 0.2) is 59.2 Å². The topological polar surface area (TPSA) is 175 Å². The number of nitrogens with one attached hydrogen (secondary N) is 5. The van der Waals surface area contributed by atoms with E-state index in [9.17, 15) is 19.2 Å². The van der Waals surface area contributed by atoms with Crippen LogP contribution in [0.5, 0.6) is 5.75 Å². The number of likely N-dealkylation sites (N-methyl/N-ethyl adjacent to an activating group) is 3. The number of nitrogens with zero attached hydrogens (tertiary/aromatic N) is 5. The van der Waals surface area contributed by atoms with Crippen LogP contribution >= 0.6 is 11.6 Å². The van der Waals surface area contributed by atoms with E-state index in [0.717, 1.165) is 37.0 Å². The molecule has 0 spiro atoms. The maximum absolute atomic E-state index is 12.8. The van der Waals surface area contributed by atoms with E-state index in [1.807, 2.05) is 31.3 Å². The number of fused-ring (bicyclic) bond motifs is 1. The Kier molecular flexibility index (Phi) is 10.9. The van der Waals surface area contributed by atoms with E-state index < -0.39 is 6.04 Å². The lowest BCUT2D eigenvalue weighted by atomic mass is 9.94. The molecule has 51 heavy (non-hydrogen) atoms. The van der Waals surface area contributed by atoms with Gasteiger partial charge >= 0.3 is 0 Å². The van der Waals surface area contributed by atoms with Crippen LogP contribution in [0.3, 0.4) is 0 Å².